The maximum absolute atomic E-state index is 3.77. The van der Waals surface area contributed by atoms with E-state index in [4.69, 9.17) is 0 Å². The summed E-state index contributed by atoms with van der Waals surface area (Å²) in [6.07, 6.45) is 9.92. The molecule has 16 heavy (non-hydrogen) atoms. The molecule has 0 unspecified atom stereocenters. The van der Waals surface area contributed by atoms with Crippen molar-refractivity contribution in [3.8, 4) is 0 Å². The van der Waals surface area contributed by atoms with Gasteiger partial charge in [0.25, 0.3) is 0 Å². The van der Waals surface area contributed by atoms with E-state index in [1.807, 2.05) is 0 Å². The Kier molecular flexibility index (Phi) is 5.77. The zero-order chi connectivity index (χ0) is 12.0. The predicted octanol–water partition coefficient (Wildman–Crippen LogP) is 3.03. The molecule has 2 heteroatoms. The highest BCUT2D eigenvalue weighted by atomic mass is 15.2. The van der Waals surface area contributed by atoms with Crippen molar-refractivity contribution >= 4 is 0 Å². The first-order valence-electron chi connectivity index (χ1n) is 6.93. The van der Waals surface area contributed by atoms with Crippen LogP contribution in [0.4, 0.5) is 0 Å². The normalized spacial score (nSPS) is 20.8. The van der Waals surface area contributed by atoms with Crippen molar-refractivity contribution in [3.63, 3.8) is 0 Å². The Morgan fingerprint density at radius 1 is 1.00 bits per heavy atom. The molecule has 0 saturated heterocycles. The molecule has 2 nitrogen and oxygen atoms in total. The third-order valence-corrected chi connectivity index (χ3v) is 4.14. The van der Waals surface area contributed by atoms with E-state index < -0.39 is 0 Å². The standard InChI is InChI=1S/C14H30N2/c1-14(2,16(3)4)12-15-13-10-8-6-5-7-9-11-13/h13,15H,5-12H2,1-4H3. The summed E-state index contributed by atoms with van der Waals surface area (Å²) in [5.41, 5.74) is 0.266. The summed E-state index contributed by atoms with van der Waals surface area (Å²) in [4.78, 5) is 2.31. The van der Waals surface area contributed by atoms with Crippen LogP contribution < -0.4 is 5.32 Å². The van der Waals surface area contributed by atoms with Gasteiger partial charge in [0.1, 0.15) is 0 Å². The molecule has 0 aromatic carbocycles. The summed E-state index contributed by atoms with van der Waals surface area (Å²) < 4.78 is 0. The van der Waals surface area contributed by atoms with Gasteiger partial charge in [0.2, 0.25) is 0 Å². The summed E-state index contributed by atoms with van der Waals surface area (Å²) in [5.74, 6) is 0. The molecule has 0 radical (unpaired) electrons. The third kappa shape index (κ3) is 4.84. The van der Waals surface area contributed by atoms with Gasteiger partial charge in [-0.05, 0) is 40.8 Å². The highest BCUT2D eigenvalue weighted by molar-refractivity contribution is 4.82. The molecule has 0 aromatic heterocycles. The number of hydrogen-bond acceptors (Lipinski definition) is 2. The van der Waals surface area contributed by atoms with E-state index in [0.29, 0.717) is 0 Å². The smallest absolute Gasteiger partial charge is 0.0271 e. The minimum Gasteiger partial charge on any atom is -0.312 e. The number of rotatable bonds is 4. The van der Waals surface area contributed by atoms with E-state index >= 15 is 0 Å². The fourth-order valence-electron chi connectivity index (χ4n) is 2.21. The van der Waals surface area contributed by atoms with Gasteiger partial charge in [0.05, 0.1) is 0 Å². The van der Waals surface area contributed by atoms with Crippen LogP contribution in [-0.4, -0.2) is 37.1 Å². The molecular formula is C14H30N2. The van der Waals surface area contributed by atoms with Gasteiger partial charge in [-0.3, -0.25) is 0 Å². The highest BCUT2D eigenvalue weighted by Gasteiger charge is 2.21. The monoisotopic (exact) mass is 226 g/mol. The topological polar surface area (TPSA) is 15.3 Å². The fraction of sp³-hybridized carbons (Fsp3) is 1.00. The Labute approximate surface area is 102 Å². The van der Waals surface area contributed by atoms with Gasteiger partial charge < -0.3 is 10.2 Å². The van der Waals surface area contributed by atoms with Gasteiger partial charge in [-0.25, -0.2) is 0 Å². The lowest BCUT2D eigenvalue weighted by atomic mass is 9.95. The van der Waals surface area contributed by atoms with E-state index in [9.17, 15) is 0 Å². The quantitative estimate of drug-likeness (QED) is 0.792. The summed E-state index contributed by atoms with van der Waals surface area (Å²) in [5, 5.41) is 3.77. The van der Waals surface area contributed by atoms with Crippen LogP contribution >= 0.6 is 0 Å². The second-order valence-electron chi connectivity index (χ2n) is 6.13. The number of nitrogens with one attached hydrogen (secondary N) is 1. The lowest BCUT2D eigenvalue weighted by molar-refractivity contribution is 0.180. The molecule has 1 aliphatic carbocycles. The van der Waals surface area contributed by atoms with Crippen LogP contribution in [0.25, 0.3) is 0 Å². The van der Waals surface area contributed by atoms with Crippen LogP contribution in [0.1, 0.15) is 58.8 Å². The van der Waals surface area contributed by atoms with Crippen LogP contribution in [0.3, 0.4) is 0 Å². The van der Waals surface area contributed by atoms with E-state index in [2.05, 4.69) is 38.2 Å². The van der Waals surface area contributed by atoms with Crippen molar-refractivity contribution < 1.29 is 0 Å². The summed E-state index contributed by atoms with van der Waals surface area (Å²) in [6, 6.07) is 0.763. The average molecular weight is 226 g/mol. The van der Waals surface area contributed by atoms with Gasteiger partial charge in [-0.2, -0.15) is 0 Å². The summed E-state index contributed by atoms with van der Waals surface area (Å²) >= 11 is 0. The van der Waals surface area contributed by atoms with E-state index in [1.54, 1.807) is 0 Å². The lowest BCUT2D eigenvalue weighted by Crippen LogP contribution is -2.49. The molecule has 0 amide bonds. The van der Waals surface area contributed by atoms with E-state index in [-0.39, 0.29) is 5.54 Å². The SMILES string of the molecule is CN(C)C(C)(C)CNC1CCCCCCC1. The third-order valence-electron chi connectivity index (χ3n) is 4.14. The largest absolute Gasteiger partial charge is 0.312 e. The lowest BCUT2D eigenvalue weighted by Gasteiger charge is -2.35. The zero-order valence-electron chi connectivity index (χ0n) is 11.7. The minimum atomic E-state index is 0.266. The first kappa shape index (κ1) is 14.0. The molecular weight excluding hydrogens is 196 g/mol. The van der Waals surface area contributed by atoms with E-state index in [1.165, 1.54) is 44.9 Å². The maximum Gasteiger partial charge on any atom is 0.0271 e. The molecule has 0 aromatic rings. The summed E-state index contributed by atoms with van der Waals surface area (Å²) in [7, 11) is 4.33. The van der Waals surface area contributed by atoms with Gasteiger partial charge in [0.15, 0.2) is 0 Å². The Morgan fingerprint density at radius 3 is 2.00 bits per heavy atom. The second-order valence-corrected chi connectivity index (χ2v) is 6.13. The number of likely N-dealkylation sites (N-methyl/N-ethyl adjacent to an activating group) is 1. The van der Waals surface area contributed by atoms with Crippen LogP contribution in [-0.2, 0) is 0 Å². The minimum absolute atomic E-state index is 0.266. The molecule has 1 saturated carbocycles. The maximum atomic E-state index is 3.77. The molecule has 1 rings (SSSR count). The van der Waals surface area contributed by atoms with Crippen molar-refractivity contribution in [3.05, 3.63) is 0 Å². The fourth-order valence-corrected chi connectivity index (χ4v) is 2.21. The van der Waals surface area contributed by atoms with Crippen LogP contribution in [0.15, 0.2) is 0 Å². The van der Waals surface area contributed by atoms with Crippen molar-refractivity contribution in [2.24, 2.45) is 0 Å². The number of nitrogens with zero attached hydrogens (tertiary/aromatic N) is 1. The second kappa shape index (κ2) is 6.61. The molecule has 0 bridgehead atoms. The van der Waals surface area contributed by atoms with E-state index in [0.717, 1.165) is 12.6 Å². The highest BCUT2D eigenvalue weighted by Crippen LogP contribution is 2.18. The molecule has 0 spiro atoms. The Hall–Kier alpha value is -0.0800. The molecule has 96 valence electrons. The van der Waals surface area contributed by atoms with Crippen LogP contribution in [0.2, 0.25) is 0 Å². The molecule has 0 aliphatic heterocycles. The Morgan fingerprint density at radius 2 is 1.50 bits per heavy atom. The van der Waals surface area contributed by atoms with Crippen molar-refractivity contribution in [2.75, 3.05) is 20.6 Å². The molecule has 1 aliphatic rings. The first-order valence-corrected chi connectivity index (χ1v) is 6.93. The van der Waals surface area contributed by atoms with Crippen LogP contribution in [0, 0.1) is 0 Å². The average Bonchev–Trinajstić information content (AvgIpc) is 2.15. The first-order chi connectivity index (χ1) is 7.52. The molecule has 1 fully saturated rings. The van der Waals surface area contributed by atoms with Crippen molar-refractivity contribution in [1.29, 1.82) is 0 Å². The molecule has 0 heterocycles. The van der Waals surface area contributed by atoms with Crippen molar-refractivity contribution in [1.82, 2.24) is 10.2 Å². The Bertz CT molecular complexity index is 179. The van der Waals surface area contributed by atoms with Gasteiger partial charge in [-0.15, -0.1) is 0 Å². The summed E-state index contributed by atoms with van der Waals surface area (Å²) in [6.45, 7) is 5.72. The van der Waals surface area contributed by atoms with Gasteiger partial charge in [-0.1, -0.05) is 32.1 Å². The van der Waals surface area contributed by atoms with Gasteiger partial charge in [0, 0.05) is 18.1 Å². The van der Waals surface area contributed by atoms with Gasteiger partial charge >= 0.3 is 0 Å². The van der Waals surface area contributed by atoms with Crippen molar-refractivity contribution in [2.45, 2.75) is 70.4 Å². The predicted molar refractivity (Wildman–Crippen MR) is 71.9 cm³/mol. The molecule has 0 atom stereocenters. The zero-order valence-corrected chi connectivity index (χ0v) is 11.7. The Balaban J connectivity index is 2.29. The number of hydrogen-bond donors (Lipinski definition) is 1. The molecule has 1 N–H and O–H groups in total. The van der Waals surface area contributed by atoms with Crippen LogP contribution in [0.5, 0.6) is 0 Å².